The zero-order chi connectivity index (χ0) is 16.3. The lowest BCUT2D eigenvalue weighted by molar-refractivity contribution is 0.526. The average Bonchev–Trinajstić information content (AvgIpc) is 2.43. The second-order valence-electron chi connectivity index (χ2n) is 5.14. The lowest BCUT2D eigenvalue weighted by Gasteiger charge is -2.13. The summed E-state index contributed by atoms with van der Waals surface area (Å²) < 4.78 is 26.8. The molecule has 0 spiro atoms. The molecule has 0 aliphatic carbocycles. The van der Waals surface area contributed by atoms with E-state index in [4.69, 9.17) is 0 Å². The summed E-state index contributed by atoms with van der Waals surface area (Å²) in [4.78, 5) is 0. The van der Waals surface area contributed by atoms with E-state index >= 15 is 0 Å². The fraction of sp³-hybridized carbons (Fsp3) is 0.286. The number of nitrogens with zero attached hydrogens (tertiary/aromatic N) is 3. The molecule has 118 valence electrons. The summed E-state index contributed by atoms with van der Waals surface area (Å²) in [6.07, 6.45) is 0. The van der Waals surface area contributed by atoms with Gasteiger partial charge in [-0.1, -0.05) is 17.7 Å². The van der Waals surface area contributed by atoms with Crippen molar-refractivity contribution in [3.8, 4) is 0 Å². The number of aryl methyl sites for hydroxylation is 2. The van der Waals surface area contributed by atoms with Gasteiger partial charge in [0.2, 0.25) is 0 Å². The van der Waals surface area contributed by atoms with Gasteiger partial charge in [-0.25, -0.2) is 0 Å². The van der Waals surface area contributed by atoms with Crippen LogP contribution < -0.4 is 10.0 Å². The fourth-order valence-electron chi connectivity index (χ4n) is 1.77. The van der Waals surface area contributed by atoms with E-state index in [1.807, 2.05) is 26.0 Å². The van der Waals surface area contributed by atoms with E-state index in [-0.39, 0.29) is 5.82 Å². The largest absolute Gasteiger partial charge is 0.339 e. The first-order chi connectivity index (χ1) is 10.3. The van der Waals surface area contributed by atoms with E-state index in [1.165, 1.54) is 19.7 Å². The lowest BCUT2D eigenvalue weighted by Crippen LogP contribution is -2.29. The molecule has 7 nitrogen and oxygen atoms in total. The van der Waals surface area contributed by atoms with Gasteiger partial charge in [-0.05, 0) is 37.6 Å². The molecule has 2 aromatic rings. The quantitative estimate of drug-likeness (QED) is 0.880. The van der Waals surface area contributed by atoms with Crippen LogP contribution in [0.25, 0.3) is 0 Å². The van der Waals surface area contributed by atoms with Gasteiger partial charge < -0.3 is 5.32 Å². The normalized spacial score (nSPS) is 11.5. The van der Waals surface area contributed by atoms with Crippen molar-refractivity contribution in [3.05, 3.63) is 41.5 Å². The topological polar surface area (TPSA) is 87.2 Å². The molecule has 0 fully saturated rings. The van der Waals surface area contributed by atoms with Crippen LogP contribution in [0.4, 0.5) is 17.3 Å². The van der Waals surface area contributed by atoms with E-state index in [0.29, 0.717) is 5.82 Å². The first kappa shape index (κ1) is 16.2. The molecule has 0 aliphatic heterocycles. The van der Waals surface area contributed by atoms with Gasteiger partial charge in [-0.15, -0.1) is 10.2 Å². The van der Waals surface area contributed by atoms with Crippen LogP contribution in [0.5, 0.6) is 0 Å². The average molecular weight is 321 g/mol. The first-order valence-electron chi connectivity index (χ1n) is 6.66. The van der Waals surface area contributed by atoms with Crippen molar-refractivity contribution in [1.29, 1.82) is 0 Å². The Labute approximate surface area is 130 Å². The van der Waals surface area contributed by atoms with Crippen molar-refractivity contribution >= 4 is 27.5 Å². The molecule has 22 heavy (non-hydrogen) atoms. The molecule has 0 aliphatic rings. The van der Waals surface area contributed by atoms with Crippen LogP contribution in [0.2, 0.25) is 0 Å². The molecule has 0 bridgehead atoms. The summed E-state index contributed by atoms with van der Waals surface area (Å²) in [5, 5.41) is 11.0. The van der Waals surface area contributed by atoms with Crippen molar-refractivity contribution in [1.82, 2.24) is 14.5 Å². The lowest BCUT2D eigenvalue weighted by atomic mass is 10.1. The fourth-order valence-corrected chi connectivity index (χ4v) is 2.32. The monoisotopic (exact) mass is 321 g/mol. The minimum atomic E-state index is -3.57. The smallest absolute Gasteiger partial charge is 0.302 e. The third-order valence-electron chi connectivity index (χ3n) is 3.02. The Hall–Kier alpha value is -2.19. The number of hydrogen-bond donors (Lipinski definition) is 2. The molecule has 0 amide bonds. The molecule has 2 N–H and O–H groups in total. The van der Waals surface area contributed by atoms with Crippen LogP contribution in [-0.4, -0.2) is 37.0 Å². The summed E-state index contributed by atoms with van der Waals surface area (Å²) in [6.45, 7) is 4.03. The number of nitrogens with one attached hydrogen (secondary N) is 2. The predicted octanol–water partition coefficient (Wildman–Crippen LogP) is 2.06. The highest BCUT2D eigenvalue weighted by Gasteiger charge is 2.13. The van der Waals surface area contributed by atoms with Crippen LogP contribution in [-0.2, 0) is 10.2 Å². The van der Waals surface area contributed by atoms with Gasteiger partial charge in [-0.3, -0.25) is 4.72 Å². The second-order valence-corrected chi connectivity index (χ2v) is 7.02. The SMILES string of the molecule is Cc1ccc(Nc2ccc(NS(=O)(=O)N(C)C)nn2)c(C)c1. The number of aromatic nitrogens is 2. The van der Waals surface area contributed by atoms with Gasteiger partial charge >= 0.3 is 10.2 Å². The Morgan fingerprint density at radius 3 is 2.18 bits per heavy atom. The van der Waals surface area contributed by atoms with Crippen LogP contribution in [0.1, 0.15) is 11.1 Å². The molecule has 0 atom stereocenters. The number of rotatable bonds is 5. The van der Waals surface area contributed by atoms with Crippen LogP contribution in [0.3, 0.4) is 0 Å². The minimum absolute atomic E-state index is 0.167. The van der Waals surface area contributed by atoms with Gasteiger partial charge in [0, 0.05) is 19.8 Å². The molecule has 1 aromatic heterocycles. The third kappa shape index (κ3) is 3.92. The van der Waals surface area contributed by atoms with Crippen molar-refractivity contribution in [2.45, 2.75) is 13.8 Å². The zero-order valence-corrected chi connectivity index (χ0v) is 13.8. The van der Waals surface area contributed by atoms with Gasteiger partial charge in [0.1, 0.15) is 0 Å². The zero-order valence-electron chi connectivity index (χ0n) is 13.0. The Morgan fingerprint density at radius 1 is 1.00 bits per heavy atom. The van der Waals surface area contributed by atoms with E-state index in [9.17, 15) is 8.42 Å². The van der Waals surface area contributed by atoms with Crippen molar-refractivity contribution in [2.24, 2.45) is 0 Å². The first-order valence-corrected chi connectivity index (χ1v) is 8.10. The Morgan fingerprint density at radius 2 is 1.64 bits per heavy atom. The second kappa shape index (κ2) is 6.29. The highest BCUT2D eigenvalue weighted by molar-refractivity contribution is 7.90. The van der Waals surface area contributed by atoms with Crippen LogP contribution in [0.15, 0.2) is 30.3 Å². The molecular formula is C14H19N5O2S. The van der Waals surface area contributed by atoms with Crippen molar-refractivity contribution < 1.29 is 8.42 Å². The summed E-state index contributed by atoms with van der Waals surface area (Å²) in [7, 11) is -0.701. The third-order valence-corrected chi connectivity index (χ3v) is 4.45. The number of anilines is 3. The molecular weight excluding hydrogens is 302 g/mol. The maximum atomic E-state index is 11.7. The summed E-state index contributed by atoms with van der Waals surface area (Å²) in [5.41, 5.74) is 3.21. The summed E-state index contributed by atoms with van der Waals surface area (Å²) in [5.74, 6) is 0.708. The van der Waals surface area contributed by atoms with E-state index < -0.39 is 10.2 Å². The van der Waals surface area contributed by atoms with E-state index in [1.54, 1.807) is 12.1 Å². The molecule has 8 heteroatoms. The molecule has 1 aromatic carbocycles. The number of benzene rings is 1. The number of hydrogen-bond acceptors (Lipinski definition) is 5. The van der Waals surface area contributed by atoms with Crippen molar-refractivity contribution in [2.75, 3.05) is 24.1 Å². The van der Waals surface area contributed by atoms with Crippen LogP contribution >= 0.6 is 0 Å². The standard InChI is InChI=1S/C14H19N5O2S/c1-10-5-6-12(11(2)9-10)15-13-7-8-14(17-16-13)18-22(20,21)19(3)4/h5-9H,1-4H3,(H,15,16)(H,17,18). The highest BCUT2D eigenvalue weighted by Crippen LogP contribution is 2.20. The van der Waals surface area contributed by atoms with E-state index in [2.05, 4.69) is 26.3 Å². The highest BCUT2D eigenvalue weighted by atomic mass is 32.2. The van der Waals surface area contributed by atoms with Crippen molar-refractivity contribution in [3.63, 3.8) is 0 Å². The van der Waals surface area contributed by atoms with Gasteiger partial charge in [0.05, 0.1) is 0 Å². The molecule has 1 heterocycles. The molecule has 0 radical (unpaired) electrons. The predicted molar refractivity (Wildman–Crippen MR) is 87.5 cm³/mol. The Balaban J connectivity index is 2.12. The molecule has 0 unspecified atom stereocenters. The maximum absolute atomic E-state index is 11.7. The minimum Gasteiger partial charge on any atom is -0.339 e. The molecule has 0 saturated heterocycles. The van der Waals surface area contributed by atoms with Gasteiger partial charge in [-0.2, -0.15) is 12.7 Å². The Bertz CT molecular complexity index is 757. The van der Waals surface area contributed by atoms with Gasteiger partial charge in [0.15, 0.2) is 11.6 Å². The molecule has 2 rings (SSSR count). The summed E-state index contributed by atoms with van der Waals surface area (Å²) >= 11 is 0. The molecule has 0 saturated carbocycles. The van der Waals surface area contributed by atoms with Gasteiger partial charge in [0.25, 0.3) is 0 Å². The summed E-state index contributed by atoms with van der Waals surface area (Å²) in [6, 6.07) is 9.26. The Kier molecular flexibility index (Phi) is 4.62. The van der Waals surface area contributed by atoms with E-state index in [0.717, 1.165) is 15.6 Å². The maximum Gasteiger partial charge on any atom is 0.302 e. The van der Waals surface area contributed by atoms with Crippen LogP contribution in [0, 0.1) is 13.8 Å².